The second kappa shape index (κ2) is 6.10. The molecular weight excluding hydrogens is 348 g/mol. The summed E-state index contributed by atoms with van der Waals surface area (Å²) in [7, 11) is -3.93. The predicted octanol–water partition coefficient (Wildman–Crippen LogP) is 2.99. The Morgan fingerprint density at radius 1 is 1.38 bits per heavy atom. The number of aryl methyl sites for hydroxylation is 2. The van der Waals surface area contributed by atoms with Crippen molar-refractivity contribution in [3.05, 3.63) is 53.9 Å². The Morgan fingerprint density at radius 3 is 2.67 bits per heavy atom. The van der Waals surface area contributed by atoms with Crippen LogP contribution in [0.4, 0.5) is 5.69 Å². The zero-order chi connectivity index (χ0) is 17.5. The number of aromatic nitrogens is 1. The first kappa shape index (κ1) is 16.8. The molecule has 6 nitrogen and oxygen atoms in total. The second-order valence-electron chi connectivity index (χ2n) is 5.35. The summed E-state index contributed by atoms with van der Waals surface area (Å²) in [6, 6.07) is 7.04. The number of hydrogen-bond donors (Lipinski definition) is 0. The Hall–Kier alpha value is -2.06. The molecule has 1 aliphatic rings. The van der Waals surface area contributed by atoms with Crippen molar-refractivity contribution < 1.29 is 17.7 Å². The highest BCUT2D eigenvalue weighted by Crippen LogP contribution is 2.47. The van der Waals surface area contributed by atoms with Gasteiger partial charge in [0, 0.05) is 10.5 Å². The molecule has 0 bridgehead atoms. The van der Waals surface area contributed by atoms with Gasteiger partial charge >= 0.3 is 0 Å². The smallest absolute Gasteiger partial charge is 0.247 e. The van der Waals surface area contributed by atoms with Gasteiger partial charge < -0.3 is 9.32 Å². The molecule has 2 aromatic rings. The first-order valence-electron chi connectivity index (χ1n) is 7.21. The summed E-state index contributed by atoms with van der Waals surface area (Å²) in [6.45, 7) is 7.01. The van der Waals surface area contributed by atoms with Gasteiger partial charge in [0.15, 0.2) is 11.7 Å². The summed E-state index contributed by atoms with van der Waals surface area (Å²) in [6.07, 6.45) is 1.98. The number of carbonyl (C=O) groups excluding carboxylic acids is 1. The van der Waals surface area contributed by atoms with Crippen LogP contribution in [0.1, 0.15) is 22.3 Å². The summed E-state index contributed by atoms with van der Waals surface area (Å²) >= 11 is 1.21. The van der Waals surface area contributed by atoms with Gasteiger partial charge in [0.05, 0.1) is 11.4 Å². The molecule has 1 aliphatic heterocycles. The number of sulfonamides is 1. The lowest BCUT2D eigenvalue weighted by Gasteiger charge is -2.26. The Bertz CT molecular complexity index is 885. The number of para-hydroxylation sites is 1. The molecule has 2 unspecified atom stereocenters. The first-order chi connectivity index (χ1) is 11.4. The van der Waals surface area contributed by atoms with E-state index in [2.05, 4.69) is 11.7 Å². The van der Waals surface area contributed by atoms with E-state index in [1.54, 1.807) is 32.0 Å². The average molecular weight is 364 g/mol. The SMILES string of the molecule is C=CC(c1c(C)noc1C)S(=O)(=O)N1c2ccccc2SC1C=O. The van der Waals surface area contributed by atoms with Crippen molar-refractivity contribution in [1.29, 1.82) is 0 Å². The van der Waals surface area contributed by atoms with Crippen LogP contribution in [-0.4, -0.2) is 25.2 Å². The van der Waals surface area contributed by atoms with Gasteiger partial charge in [-0.2, -0.15) is 0 Å². The minimum Gasteiger partial charge on any atom is -0.361 e. The van der Waals surface area contributed by atoms with E-state index in [9.17, 15) is 13.2 Å². The maximum absolute atomic E-state index is 13.3. The molecule has 0 fully saturated rings. The van der Waals surface area contributed by atoms with Crippen molar-refractivity contribution in [3.8, 4) is 0 Å². The lowest BCUT2D eigenvalue weighted by molar-refractivity contribution is -0.107. The molecule has 2 heterocycles. The van der Waals surface area contributed by atoms with E-state index in [1.807, 2.05) is 6.07 Å². The normalized spacial score (nSPS) is 18.2. The summed E-state index contributed by atoms with van der Waals surface area (Å²) in [5.74, 6) is 0.420. The van der Waals surface area contributed by atoms with E-state index in [0.717, 1.165) is 9.20 Å². The summed E-state index contributed by atoms with van der Waals surface area (Å²) in [4.78, 5) is 12.2. The number of carbonyl (C=O) groups is 1. The Kier molecular flexibility index (Phi) is 4.27. The number of nitrogens with zero attached hydrogens (tertiary/aromatic N) is 2. The largest absolute Gasteiger partial charge is 0.361 e. The molecule has 126 valence electrons. The van der Waals surface area contributed by atoms with Crippen molar-refractivity contribution in [2.75, 3.05) is 4.31 Å². The number of anilines is 1. The molecular formula is C16H16N2O4S2. The number of thioether (sulfide) groups is 1. The van der Waals surface area contributed by atoms with Gasteiger partial charge in [-0.1, -0.05) is 35.1 Å². The quantitative estimate of drug-likeness (QED) is 0.599. The average Bonchev–Trinajstić information content (AvgIpc) is 3.10. The van der Waals surface area contributed by atoms with E-state index in [4.69, 9.17) is 4.52 Å². The molecule has 0 N–H and O–H groups in total. The van der Waals surface area contributed by atoms with Gasteiger partial charge in [-0.05, 0) is 26.0 Å². The van der Waals surface area contributed by atoms with Gasteiger partial charge in [-0.3, -0.25) is 0 Å². The molecule has 0 aliphatic carbocycles. The Balaban J connectivity index is 2.15. The topological polar surface area (TPSA) is 80.5 Å². The van der Waals surface area contributed by atoms with Gasteiger partial charge in [0.1, 0.15) is 11.0 Å². The molecule has 24 heavy (non-hydrogen) atoms. The van der Waals surface area contributed by atoms with E-state index in [-0.39, 0.29) is 0 Å². The van der Waals surface area contributed by atoms with Crippen LogP contribution in [-0.2, 0) is 14.8 Å². The molecule has 3 rings (SSSR count). The highest BCUT2D eigenvalue weighted by atomic mass is 32.2. The van der Waals surface area contributed by atoms with Crippen LogP contribution < -0.4 is 4.31 Å². The van der Waals surface area contributed by atoms with E-state index < -0.39 is 20.6 Å². The van der Waals surface area contributed by atoms with Crippen molar-refractivity contribution in [2.45, 2.75) is 29.4 Å². The van der Waals surface area contributed by atoms with Gasteiger partial charge in [-0.25, -0.2) is 12.7 Å². The molecule has 1 aromatic heterocycles. The number of aldehydes is 1. The van der Waals surface area contributed by atoms with E-state index in [0.29, 0.717) is 29.0 Å². The highest BCUT2D eigenvalue weighted by Gasteiger charge is 2.43. The number of rotatable bonds is 5. The standard InChI is InChI=1S/C16H16N2O4S2/c1-4-14(16-10(2)17-22-11(16)3)24(20,21)18-12-7-5-6-8-13(12)23-15(18)9-19/h4-9,14-15H,1H2,2-3H3. The number of benzene rings is 1. The van der Waals surface area contributed by atoms with Crippen LogP contribution in [0.25, 0.3) is 0 Å². The van der Waals surface area contributed by atoms with Crippen LogP contribution in [0.5, 0.6) is 0 Å². The number of hydrogen-bond acceptors (Lipinski definition) is 6. The van der Waals surface area contributed by atoms with E-state index >= 15 is 0 Å². The molecule has 1 aromatic carbocycles. The molecule has 0 spiro atoms. The highest BCUT2D eigenvalue weighted by molar-refractivity contribution is 8.03. The maximum atomic E-state index is 13.3. The fourth-order valence-corrected chi connectivity index (χ4v) is 6.24. The molecule has 2 atom stereocenters. The summed E-state index contributed by atoms with van der Waals surface area (Å²) < 4.78 is 32.9. The van der Waals surface area contributed by atoms with Crippen molar-refractivity contribution in [2.24, 2.45) is 0 Å². The Labute approximate surface area is 144 Å². The van der Waals surface area contributed by atoms with Crippen LogP contribution >= 0.6 is 11.8 Å². The van der Waals surface area contributed by atoms with Crippen LogP contribution in [0.15, 0.2) is 46.3 Å². The predicted molar refractivity (Wildman–Crippen MR) is 92.5 cm³/mol. The third-order valence-electron chi connectivity index (χ3n) is 3.88. The lowest BCUT2D eigenvalue weighted by atomic mass is 10.1. The molecule has 0 saturated carbocycles. The Morgan fingerprint density at radius 2 is 2.08 bits per heavy atom. The van der Waals surface area contributed by atoms with Crippen molar-refractivity contribution in [3.63, 3.8) is 0 Å². The maximum Gasteiger partial charge on any atom is 0.247 e. The van der Waals surface area contributed by atoms with Gasteiger partial charge in [0.2, 0.25) is 10.0 Å². The molecule has 0 amide bonds. The zero-order valence-electron chi connectivity index (χ0n) is 13.2. The van der Waals surface area contributed by atoms with Crippen LogP contribution in [0.2, 0.25) is 0 Å². The molecule has 8 heteroatoms. The third kappa shape index (κ3) is 2.46. The molecule has 0 radical (unpaired) electrons. The second-order valence-corrected chi connectivity index (χ2v) is 8.44. The zero-order valence-corrected chi connectivity index (χ0v) is 14.8. The lowest BCUT2D eigenvalue weighted by Crippen LogP contribution is -2.39. The minimum absolute atomic E-state index is 0.420. The van der Waals surface area contributed by atoms with Crippen molar-refractivity contribution >= 4 is 33.8 Å². The third-order valence-corrected chi connectivity index (χ3v) is 7.22. The van der Waals surface area contributed by atoms with Gasteiger partial charge in [-0.15, -0.1) is 6.58 Å². The van der Waals surface area contributed by atoms with Crippen LogP contribution in [0, 0.1) is 13.8 Å². The summed E-state index contributed by atoms with van der Waals surface area (Å²) in [5.41, 5.74) is 1.45. The fraction of sp³-hybridized carbons (Fsp3) is 0.250. The monoisotopic (exact) mass is 364 g/mol. The fourth-order valence-electron chi connectivity index (χ4n) is 2.83. The van der Waals surface area contributed by atoms with E-state index in [1.165, 1.54) is 17.8 Å². The minimum atomic E-state index is -3.93. The van der Waals surface area contributed by atoms with Gasteiger partial charge in [0.25, 0.3) is 0 Å². The first-order valence-corrected chi connectivity index (χ1v) is 9.59. The van der Waals surface area contributed by atoms with Crippen molar-refractivity contribution in [1.82, 2.24) is 5.16 Å². The number of fused-ring (bicyclic) bond motifs is 1. The van der Waals surface area contributed by atoms with Crippen LogP contribution in [0.3, 0.4) is 0 Å². The summed E-state index contributed by atoms with van der Waals surface area (Å²) in [5, 5.41) is 1.95. The molecule has 0 saturated heterocycles.